The summed E-state index contributed by atoms with van der Waals surface area (Å²) in [6.45, 7) is 1.67. The van der Waals surface area contributed by atoms with Gasteiger partial charge in [-0.2, -0.15) is 0 Å². The van der Waals surface area contributed by atoms with Crippen molar-refractivity contribution in [1.29, 1.82) is 0 Å². The molecule has 1 rings (SSSR count). The number of carbonyl (C=O) groups is 3. The number of esters is 1. The van der Waals surface area contributed by atoms with Gasteiger partial charge in [0.15, 0.2) is 10.8 Å². The number of carbonyl (C=O) groups excluding carboxylic acids is 3. The maximum atomic E-state index is 11.4. The standard InChI is InChI=1S/C8H7ClN2O4S/c1-2-15-7(14)5(13)4-6(9)16-8(11-4)10-3-12/h3H,2H2,1H3,(H,10,11,12). The van der Waals surface area contributed by atoms with Gasteiger partial charge in [0.1, 0.15) is 4.34 Å². The van der Waals surface area contributed by atoms with E-state index in [1.165, 1.54) is 0 Å². The van der Waals surface area contributed by atoms with Crippen LogP contribution in [0.3, 0.4) is 0 Å². The summed E-state index contributed by atoms with van der Waals surface area (Å²) in [6.07, 6.45) is 0.397. The zero-order valence-corrected chi connectivity index (χ0v) is 9.72. The lowest BCUT2D eigenvalue weighted by atomic mass is 10.3. The summed E-state index contributed by atoms with van der Waals surface area (Å²) in [4.78, 5) is 36.4. The molecule has 1 aromatic heterocycles. The number of amides is 1. The van der Waals surface area contributed by atoms with Gasteiger partial charge in [0.25, 0.3) is 5.78 Å². The summed E-state index contributed by atoms with van der Waals surface area (Å²) in [5.74, 6) is -1.95. The van der Waals surface area contributed by atoms with Gasteiger partial charge in [-0.15, -0.1) is 0 Å². The Kier molecular flexibility index (Phi) is 4.39. The van der Waals surface area contributed by atoms with Crippen LogP contribution in [0.25, 0.3) is 0 Å². The van der Waals surface area contributed by atoms with Crippen LogP contribution in [0.4, 0.5) is 5.13 Å². The number of nitrogens with one attached hydrogen (secondary N) is 1. The van der Waals surface area contributed by atoms with E-state index >= 15 is 0 Å². The van der Waals surface area contributed by atoms with Crippen molar-refractivity contribution < 1.29 is 19.1 Å². The molecule has 0 unspecified atom stereocenters. The number of aromatic nitrogens is 1. The van der Waals surface area contributed by atoms with Gasteiger partial charge in [-0.1, -0.05) is 22.9 Å². The predicted octanol–water partition coefficient (Wildman–Crippen LogP) is 1.11. The molecule has 0 atom stereocenters. The van der Waals surface area contributed by atoms with Crippen molar-refractivity contribution in [3.63, 3.8) is 0 Å². The third-order valence-corrected chi connectivity index (χ3v) is 2.63. The molecule has 0 spiro atoms. The average Bonchev–Trinajstić information content (AvgIpc) is 2.59. The van der Waals surface area contributed by atoms with Gasteiger partial charge in [-0.25, -0.2) is 9.78 Å². The van der Waals surface area contributed by atoms with E-state index in [9.17, 15) is 14.4 Å². The van der Waals surface area contributed by atoms with E-state index in [1.54, 1.807) is 6.92 Å². The second kappa shape index (κ2) is 5.57. The quantitative estimate of drug-likeness (QED) is 0.372. The van der Waals surface area contributed by atoms with Crippen LogP contribution < -0.4 is 5.32 Å². The maximum Gasteiger partial charge on any atom is 0.381 e. The summed E-state index contributed by atoms with van der Waals surface area (Å²) >= 11 is 6.58. The van der Waals surface area contributed by atoms with Crippen LogP contribution in [0.1, 0.15) is 17.4 Å². The SMILES string of the molecule is CCOC(=O)C(=O)c1nc(NC=O)sc1Cl. The molecule has 16 heavy (non-hydrogen) atoms. The van der Waals surface area contributed by atoms with Gasteiger partial charge in [0.05, 0.1) is 6.61 Å². The average molecular weight is 263 g/mol. The van der Waals surface area contributed by atoms with Crippen molar-refractivity contribution in [1.82, 2.24) is 4.98 Å². The van der Waals surface area contributed by atoms with E-state index in [1.807, 2.05) is 0 Å². The topological polar surface area (TPSA) is 85.4 Å². The van der Waals surface area contributed by atoms with Gasteiger partial charge >= 0.3 is 5.97 Å². The van der Waals surface area contributed by atoms with Gasteiger partial charge in [-0.05, 0) is 6.92 Å². The van der Waals surface area contributed by atoms with E-state index in [4.69, 9.17) is 11.6 Å². The van der Waals surface area contributed by atoms with Crippen LogP contribution in [0.2, 0.25) is 4.34 Å². The predicted molar refractivity (Wildman–Crippen MR) is 57.8 cm³/mol. The van der Waals surface area contributed by atoms with Gasteiger partial charge in [0, 0.05) is 0 Å². The third-order valence-electron chi connectivity index (χ3n) is 1.44. The zero-order valence-electron chi connectivity index (χ0n) is 8.15. The van der Waals surface area contributed by atoms with Crippen molar-refractivity contribution in [2.45, 2.75) is 6.92 Å². The van der Waals surface area contributed by atoms with Gasteiger partial charge in [0.2, 0.25) is 6.41 Å². The maximum absolute atomic E-state index is 11.4. The lowest BCUT2D eigenvalue weighted by Crippen LogP contribution is -2.18. The van der Waals surface area contributed by atoms with Crippen LogP contribution in [-0.2, 0) is 14.3 Å². The summed E-state index contributed by atoms with van der Waals surface area (Å²) < 4.78 is 4.54. The molecule has 0 aliphatic rings. The fourth-order valence-corrected chi connectivity index (χ4v) is 1.84. The smallest absolute Gasteiger partial charge is 0.381 e. The zero-order chi connectivity index (χ0) is 12.1. The van der Waals surface area contributed by atoms with Crippen LogP contribution in [0.15, 0.2) is 0 Å². The largest absolute Gasteiger partial charge is 0.460 e. The highest BCUT2D eigenvalue weighted by atomic mass is 35.5. The van der Waals surface area contributed by atoms with E-state index in [0.717, 1.165) is 11.3 Å². The van der Waals surface area contributed by atoms with E-state index < -0.39 is 11.8 Å². The van der Waals surface area contributed by atoms with Crippen molar-refractivity contribution in [3.05, 3.63) is 10.0 Å². The first kappa shape index (κ1) is 12.6. The normalized spacial score (nSPS) is 9.62. The molecule has 1 N–H and O–H groups in total. The van der Waals surface area contributed by atoms with Crippen molar-refractivity contribution in [2.24, 2.45) is 0 Å². The molecule has 8 heteroatoms. The molecule has 0 fully saturated rings. The van der Waals surface area contributed by atoms with Crippen molar-refractivity contribution >= 4 is 46.2 Å². The van der Waals surface area contributed by atoms with E-state index in [-0.39, 0.29) is 21.8 Å². The molecular weight excluding hydrogens is 256 g/mol. The monoisotopic (exact) mass is 262 g/mol. The number of ketones is 1. The number of halogens is 1. The summed E-state index contributed by atoms with van der Waals surface area (Å²) in [5.41, 5.74) is -0.213. The van der Waals surface area contributed by atoms with Gasteiger partial charge in [-0.3, -0.25) is 9.59 Å². The van der Waals surface area contributed by atoms with Crippen LogP contribution in [0.5, 0.6) is 0 Å². The first-order valence-corrected chi connectivity index (χ1v) is 5.37. The molecule has 1 aromatic rings. The fourth-order valence-electron chi connectivity index (χ4n) is 0.847. The Morgan fingerprint density at radius 3 is 2.88 bits per heavy atom. The molecule has 0 saturated heterocycles. The number of nitrogens with zero attached hydrogens (tertiary/aromatic N) is 1. The number of anilines is 1. The third kappa shape index (κ3) is 2.77. The van der Waals surface area contributed by atoms with Crippen molar-refractivity contribution in [3.8, 4) is 0 Å². The highest BCUT2D eigenvalue weighted by molar-refractivity contribution is 7.20. The van der Waals surface area contributed by atoms with Crippen LogP contribution in [-0.4, -0.2) is 29.8 Å². The van der Waals surface area contributed by atoms with Crippen molar-refractivity contribution in [2.75, 3.05) is 11.9 Å². The summed E-state index contributed by atoms with van der Waals surface area (Å²) in [6, 6.07) is 0. The molecule has 0 aliphatic heterocycles. The molecule has 1 heterocycles. The Bertz CT molecular complexity index is 432. The summed E-state index contributed by atoms with van der Waals surface area (Å²) in [7, 11) is 0. The first-order valence-electron chi connectivity index (χ1n) is 4.18. The molecule has 6 nitrogen and oxygen atoms in total. The summed E-state index contributed by atoms with van der Waals surface area (Å²) in [5, 5.41) is 2.38. The minimum absolute atomic E-state index is 0.0300. The number of rotatable bonds is 5. The van der Waals surface area contributed by atoms with E-state index in [2.05, 4.69) is 15.0 Å². The number of ether oxygens (including phenoxy) is 1. The molecule has 0 radical (unpaired) electrons. The van der Waals surface area contributed by atoms with Crippen LogP contribution in [0, 0.1) is 0 Å². The molecule has 1 amide bonds. The lowest BCUT2D eigenvalue weighted by molar-refractivity contribution is -0.137. The fraction of sp³-hybridized carbons (Fsp3) is 0.250. The second-order valence-electron chi connectivity index (χ2n) is 2.45. The highest BCUT2D eigenvalue weighted by Crippen LogP contribution is 2.28. The minimum atomic E-state index is -1.02. The Balaban J connectivity index is 2.90. The number of hydrogen-bond acceptors (Lipinski definition) is 6. The Morgan fingerprint density at radius 1 is 1.62 bits per heavy atom. The highest BCUT2D eigenvalue weighted by Gasteiger charge is 2.24. The Morgan fingerprint density at radius 2 is 2.31 bits per heavy atom. The Labute approximate surface area is 99.6 Å². The molecule has 86 valence electrons. The first-order chi connectivity index (χ1) is 7.60. The number of thiazole rings is 1. The van der Waals surface area contributed by atoms with Gasteiger partial charge < -0.3 is 10.1 Å². The second-order valence-corrected chi connectivity index (χ2v) is 4.05. The molecule has 0 bridgehead atoms. The minimum Gasteiger partial charge on any atom is -0.460 e. The van der Waals surface area contributed by atoms with Crippen LogP contribution >= 0.6 is 22.9 Å². The number of Topliss-reactive ketones (excluding diaryl/α,β-unsaturated/α-hetero) is 1. The molecular formula is C8H7ClN2O4S. The lowest BCUT2D eigenvalue weighted by Gasteiger charge is -1.97. The molecule has 0 saturated carbocycles. The molecule has 0 aromatic carbocycles. The molecule has 0 aliphatic carbocycles. The number of hydrogen-bond donors (Lipinski definition) is 1. The van der Waals surface area contributed by atoms with E-state index in [0.29, 0.717) is 6.41 Å². The Hall–Kier alpha value is -1.47.